The van der Waals surface area contributed by atoms with Crippen LogP contribution in [0.3, 0.4) is 0 Å². The molecule has 5 aromatic rings. The Balaban J connectivity index is 1.45. The first-order valence-electron chi connectivity index (χ1n) is 10.2. The molecular weight excluding hydrogens is 423 g/mol. The molecule has 0 bridgehead atoms. The van der Waals surface area contributed by atoms with Crippen molar-refractivity contribution in [2.75, 3.05) is 5.32 Å². The number of carbonyl (C=O) groups is 2. The Morgan fingerprint density at radius 1 is 0.970 bits per heavy atom. The van der Waals surface area contributed by atoms with E-state index >= 15 is 0 Å². The summed E-state index contributed by atoms with van der Waals surface area (Å²) in [6, 6.07) is 19.1. The Hall–Kier alpha value is -4.59. The zero-order chi connectivity index (χ0) is 22.9. The van der Waals surface area contributed by atoms with E-state index in [1.165, 1.54) is 35.0 Å². The number of para-hydroxylation sites is 1. The molecule has 0 aliphatic heterocycles. The van der Waals surface area contributed by atoms with E-state index in [-0.39, 0.29) is 23.5 Å². The highest BCUT2D eigenvalue weighted by molar-refractivity contribution is 6.05. The number of nitrogens with one attached hydrogen (secondary N) is 1. The van der Waals surface area contributed by atoms with Crippen molar-refractivity contribution in [2.45, 2.75) is 6.54 Å². The molecule has 0 atom stereocenters. The molecule has 0 spiro atoms. The van der Waals surface area contributed by atoms with Gasteiger partial charge in [0, 0.05) is 11.3 Å². The minimum atomic E-state index is -0.636. The molecule has 1 N–H and O–H groups in total. The quantitative estimate of drug-likeness (QED) is 0.420. The van der Waals surface area contributed by atoms with Gasteiger partial charge in [0.25, 0.3) is 11.5 Å². The number of hydrogen-bond acceptors (Lipinski definition) is 4. The molecule has 0 aliphatic carbocycles. The lowest BCUT2D eigenvalue weighted by Gasteiger charge is -2.11. The zero-order valence-corrected chi connectivity index (χ0v) is 17.2. The number of Topliss-reactive ketones (excluding diaryl/α,β-unsaturated/α-hetero) is 1. The second-order valence-electron chi connectivity index (χ2n) is 7.47. The summed E-state index contributed by atoms with van der Waals surface area (Å²) in [5, 5.41) is 3.08. The molecule has 33 heavy (non-hydrogen) atoms. The number of benzene rings is 3. The van der Waals surface area contributed by atoms with Crippen LogP contribution in [0.1, 0.15) is 20.7 Å². The lowest BCUT2D eigenvalue weighted by Crippen LogP contribution is -2.26. The van der Waals surface area contributed by atoms with E-state index in [0.717, 1.165) is 0 Å². The van der Waals surface area contributed by atoms with Crippen LogP contribution in [0.15, 0.2) is 90.1 Å². The van der Waals surface area contributed by atoms with Gasteiger partial charge in [-0.25, -0.2) is 9.37 Å². The van der Waals surface area contributed by atoms with Crippen LogP contribution in [0.2, 0.25) is 0 Å². The van der Waals surface area contributed by atoms with Crippen LogP contribution in [0.4, 0.5) is 10.1 Å². The van der Waals surface area contributed by atoms with E-state index in [2.05, 4.69) is 10.3 Å². The molecule has 3 aromatic carbocycles. The summed E-state index contributed by atoms with van der Waals surface area (Å²) in [7, 11) is 0. The third-order valence-corrected chi connectivity index (χ3v) is 5.40. The average molecular weight is 440 g/mol. The highest BCUT2D eigenvalue weighted by Crippen LogP contribution is 2.17. The second-order valence-corrected chi connectivity index (χ2v) is 7.47. The van der Waals surface area contributed by atoms with Gasteiger partial charge in [0.2, 0.25) is 0 Å². The third-order valence-electron chi connectivity index (χ3n) is 5.40. The molecule has 0 aliphatic rings. The van der Waals surface area contributed by atoms with E-state index in [1.807, 2.05) is 12.1 Å². The van der Waals surface area contributed by atoms with Crippen molar-refractivity contribution in [3.8, 4) is 0 Å². The molecule has 0 saturated carbocycles. The van der Waals surface area contributed by atoms with E-state index < -0.39 is 11.7 Å². The van der Waals surface area contributed by atoms with Crippen molar-refractivity contribution in [1.82, 2.24) is 14.0 Å². The Morgan fingerprint density at radius 2 is 1.76 bits per heavy atom. The Kier molecular flexibility index (Phi) is 5.02. The van der Waals surface area contributed by atoms with Gasteiger partial charge in [0.05, 0.1) is 29.2 Å². The lowest BCUT2D eigenvalue weighted by molar-refractivity contribution is 0.0970. The molecule has 0 saturated heterocycles. The number of imidazole rings is 1. The van der Waals surface area contributed by atoms with Gasteiger partial charge in [-0.1, -0.05) is 36.4 Å². The predicted molar refractivity (Wildman–Crippen MR) is 122 cm³/mol. The van der Waals surface area contributed by atoms with Crippen LogP contribution in [0.5, 0.6) is 0 Å². The summed E-state index contributed by atoms with van der Waals surface area (Å²) in [4.78, 5) is 42.7. The van der Waals surface area contributed by atoms with Crippen molar-refractivity contribution in [3.05, 3.63) is 113 Å². The van der Waals surface area contributed by atoms with Crippen molar-refractivity contribution in [1.29, 1.82) is 0 Å². The highest BCUT2D eigenvalue weighted by Gasteiger charge is 2.16. The van der Waals surface area contributed by atoms with E-state index in [9.17, 15) is 18.8 Å². The summed E-state index contributed by atoms with van der Waals surface area (Å²) in [6.45, 7) is -0.205. The van der Waals surface area contributed by atoms with Crippen molar-refractivity contribution < 1.29 is 14.0 Å². The fraction of sp³-hybridized carbons (Fsp3) is 0.0400. The summed E-state index contributed by atoms with van der Waals surface area (Å²) in [6.07, 6.45) is 3.13. The number of aromatic nitrogens is 3. The van der Waals surface area contributed by atoms with E-state index in [4.69, 9.17) is 0 Å². The maximum absolute atomic E-state index is 13.9. The number of rotatable bonds is 5. The maximum Gasteiger partial charge on any atom is 0.262 e. The van der Waals surface area contributed by atoms with Gasteiger partial charge < -0.3 is 5.32 Å². The minimum absolute atomic E-state index is 0.0972. The first kappa shape index (κ1) is 20.3. The molecular formula is C25H17FN4O3. The van der Waals surface area contributed by atoms with E-state index in [0.29, 0.717) is 27.8 Å². The van der Waals surface area contributed by atoms with Gasteiger partial charge in [-0.3, -0.25) is 23.4 Å². The monoisotopic (exact) mass is 440 g/mol. The fourth-order valence-electron chi connectivity index (χ4n) is 3.79. The number of amides is 1. The number of nitrogens with zero attached hydrogens (tertiary/aromatic N) is 3. The molecule has 5 rings (SSSR count). The smallest absolute Gasteiger partial charge is 0.262 e. The number of carbonyl (C=O) groups excluding carboxylic acids is 2. The molecule has 7 nitrogen and oxygen atoms in total. The molecule has 8 heteroatoms. The topological polar surface area (TPSA) is 85.5 Å². The molecule has 0 unspecified atom stereocenters. The lowest BCUT2D eigenvalue weighted by atomic mass is 10.1. The summed E-state index contributed by atoms with van der Waals surface area (Å²) in [5.41, 5.74) is 1.46. The van der Waals surface area contributed by atoms with Gasteiger partial charge >= 0.3 is 0 Å². The van der Waals surface area contributed by atoms with Crippen LogP contribution in [0, 0.1) is 5.82 Å². The van der Waals surface area contributed by atoms with Crippen LogP contribution >= 0.6 is 0 Å². The van der Waals surface area contributed by atoms with Crippen LogP contribution in [0.25, 0.3) is 16.6 Å². The van der Waals surface area contributed by atoms with Crippen LogP contribution < -0.4 is 10.9 Å². The van der Waals surface area contributed by atoms with Crippen LogP contribution in [-0.2, 0) is 6.54 Å². The normalized spacial score (nSPS) is 11.1. The van der Waals surface area contributed by atoms with Gasteiger partial charge in [0.1, 0.15) is 17.8 Å². The largest absolute Gasteiger partial charge is 0.322 e. The Bertz CT molecular complexity index is 1600. The minimum Gasteiger partial charge on any atom is -0.322 e. The highest BCUT2D eigenvalue weighted by atomic mass is 19.1. The van der Waals surface area contributed by atoms with Gasteiger partial charge in [-0.05, 0) is 36.4 Å². The van der Waals surface area contributed by atoms with Gasteiger partial charge in [-0.2, -0.15) is 0 Å². The molecule has 2 heterocycles. The van der Waals surface area contributed by atoms with Crippen molar-refractivity contribution >= 4 is 33.9 Å². The van der Waals surface area contributed by atoms with Crippen molar-refractivity contribution in [2.24, 2.45) is 0 Å². The first-order valence-corrected chi connectivity index (χ1v) is 10.2. The van der Waals surface area contributed by atoms with Gasteiger partial charge in [0.15, 0.2) is 5.78 Å². The SMILES string of the molecule is O=C(Cn1c(=O)c2ccccc2n2cncc12)c1cccc(NC(=O)c2ccccc2F)c1. The number of fused-ring (bicyclic) bond motifs is 3. The van der Waals surface area contributed by atoms with Crippen LogP contribution in [-0.4, -0.2) is 25.6 Å². The molecule has 2 aromatic heterocycles. The third kappa shape index (κ3) is 3.67. The molecule has 0 fully saturated rings. The standard InChI is InChI=1S/C25H17FN4O3/c26-20-10-3-1-8-18(20)24(32)28-17-7-5-6-16(12-17)22(31)14-29-23-13-27-15-30(23)21-11-4-2-9-19(21)25(29)33/h1-13,15H,14H2,(H,28,32). The first-order chi connectivity index (χ1) is 16.0. The number of ketones is 1. The second kappa shape index (κ2) is 8.16. The van der Waals surface area contributed by atoms with Gasteiger partial charge in [-0.15, -0.1) is 0 Å². The molecule has 162 valence electrons. The number of anilines is 1. The summed E-state index contributed by atoms with van der Waals surface area (Å²) >= 11 is 0. The summed E-state index contributed by atoms with van der Waals surface area (Å²) < 4.78 is 17.0. The molecule has 0 radical (unpaired) electrons. The van der Waals surface area contributed by atoms with E-state index in [1.54, 1.807) is 47.1 Å². The zero-order valence-electron chi connectivity index (χ0n) is 17.2. The number of halogens is 1. The predicted octanol–water partition coefficient (Wildman–Crippen LogP) is 3.92. The number of hydrogen-bond donors (Lipinski definition) is 1. The maximum atomic E-state index is 13.9. The fourth-order valence-corrected chi connectivity index (χ4v) is 3.79. The average Bonchev–Trinajstić information content (AvgIpc) is 3.32. The Labute approximate surface area is 186 Å². The summed E-state index contributed by atoms with van der Waals surface area (Å²) in [5.74, 6) is -1.58. The van der Waals surface area contributed by atoms with Crippen molar-refractivity contribution in [3.63, 3.8) is 0 Å². The molecule has 1 amide bonds. The Morgan fingerprint density at radius 3 is 2.61 bits per heavy atom.